The molecule has 39 heavy (non-hydrogen) atoms. The minimum Gasteiger partial charge on any atom is -0.393 e. The summed E-state index contributed by atoms with van der Waals surface area (Å²) in [4.78, 5) is 18.5. The van der Waals surface area contributed by atoms with Crippen LogP contribution in [0.1, 0.15) is 17.2 Å². The van der Waals surface area contributed by atoms with Crippen molar-refractivity contribution in [3.63, 3.8) is 0 Å². The van der Waals surface area contributed by atoms with Crippen LogP contribution in [0.3, 0.4) is 0 Å². The number of piperazine rings is 2. The monoisotopic (exact) mass is 523 g/mol. The number of rotatable bonds is 6. The lowest BCUT2D eigenvalue weighted by Gasteiger charge is -2.41. The van der Waals surface area contributed by atoms with Crippen molar-refractivity contribution in [1.82, 2.24) is 14.9 Å². The number of nitrogens with zero attached hydrogens (tertiary/aromatic N) is 6. The lowest BCUT2D eigenvalue weighted by Crippen LogP contribution is -2.49. The highest BCUT2D eigenvalue weighted by Crippen LogP contribution is 2.33. The summed E-state index contributed by atoms with van der Waals surface area (Å²) in [5.74, 6) is 1.40. The molecular formula is C31H34FN7. The molecule has 2 aliphatic heterocycles. The van der Waals surface area contributed by atoms with Crippen LogP contribution in [0, 0.1) is 5.82 Å². The van der Waals surface area contributed by atoms with Gasteiger partial charge in [0.25, 0.3) is 0 Å². The Morgan fingerprint density at radius 3 is 1.56 bits per heavy atom. The van der Waals surface area contributed by atoms with Crippen molar-refractivity contribution in [3.05, 3.63) is 108 Å². The van der Waals surface area contributed by atoms with Gasteiger partial charge in [-0.1, -0.05) is 60.7 Å². The summed E-state index contributed by atoms with van der Waals surface area (Å²) in [6, 6.07) is 28.4. The topological polar surface area (TPSA) is 64.8 Å². The summed E-state index contributed by atoms with van der Waals surface area (Å²) >= 11 is 0. The molecule has 0 bridgehead atoms. The van der Waals surface area contributed by atoms with Gasteiger partial charge in [-0.15, -0.1) is 0 Å². The first-order chi connectivity index (χ1) is 19.2. The van der Waals surface area contributed by atoms with Gasteiger partial charge in [0, 0.05) is 58.0 Å². The van der Waals surface area contributed by atoms with Gasteiger partial charge in [-0.3, -0.25) is 4.90 Å². The van der Waals surface area contributed by atoms with E-state index in [1.54, 1.807) is 6.33 Å². The van der Waals surface area contributed by atoms with Gasteiger partial charge >= 0.3 is 0 Å². The quantitative estimate of drug-likeness (QED) is 0.401. The summed E-state index contributed by atoms with van der Waals surface area (Å²) in [6.45, 7) is 6.73. The van der Waals surface area contributed by atoms with Crippen LogP contribution in [0.25, 0.3) is 0 Å². The molecular weight excluding hydrogens is 489 g/mol. The van der Waals surface area contributed by atoms with Gasteiger partial charge in [0.05, 0.1) is 6.04 Å². The first kappa shape index (κ1) is 25.1. The van der Waals surface area contributed by atoms with Gasteiger partial charge in [0.2, 0.25) is 0 Å². The lowest BCUT2D eigenvalue weighted by atomic mass is 9.96. The van der Waals surface area contributed by atoms with Gasteiger partial charge in [-0.05, 0) is 35.4 Å². The number of halogens is 1. The van der Waals surface area contributed by atoms with Gasteiger partial charge in [-0.25, -0.2) is 14.4 Å². The molecule has 4 aromatic rings. The molecule has 6 rings (SSSR count). The molecule has 2 N–H and O–H groups in total. The van der Waals surface area contributed by atoms with Gasteiger partial charge in [-0.2, -0.15) is 0 Å². The normalized spacial score (nSPS) is 16.6. The Hall–Kier alpha value is -4.17. The molecule has 200 valence electrons. The summed E-state index contributed by atoms with van der Waals surface area (Å²) in [7, 11) is 0. The number of benzene rings is 3. The zero-order chi connectivity index (χ0) is 26.6. The van der Waals surface area contributed by atoms with E-state index in [4.69, 9.17) is 5.73 Å². The van der Waals surface area contributed by atoms with E-state index >= 15 is 0 Å². The average molecular weight is 524 g/mol. The molecule has 0 amide bonds. The Labute approximate surface area is 229 Å². The fraction of sp³-hybridized carbons (Fsp3) is 0.290. The molecule has 2 fully saturated rings. The highest BCUT2D eigenvalue weighted by molar-refractivity contribution is 5.76. The van der Waals surface area contributed by atoms with E-state index in [1.807, 2.05) is 12.1 Å². The Bertz CT molecular complexity index is 1310. The summed E-state index contributed by atoms with van der Waals surface area (Å²) in [5, 5.41) is 0. The van der Waals surface area contributed by atoms with Crippen LogP contribution in [0.4, 0.5) is 27.4 Å². The first-order valence-corrected chi connectivity index (χ1v) is 13.6. The van der Waals surface area contributed by atoms with E-state index in [0.717, 1.165) is 69.7 Å². The van der Waals surface area contributed by atoms with E-state index in [9.17, 15) is 4.39 Å². The van der Waals surface area contributed by atoms with Crippen LogP contribution in [0.2, 0.25) is 0 Å². The molecule has 0 atom stereocenters. The second-order valence-corrected chi connectivity index (χ2v) is 10.1. The first-order valence-electron chi connectivity index (χ1n) is 13.6. The van der Waals surface area contributed by atoms with Crippen LogP contribution in [-0.2, 0) is 0 Å². The predicted molar refractivity (Wildman–Crippen MR) is 156 cm³/mol. The third-order valence-corrected chi connectivity index (χ3v) is 7.82. The highest BCUT2D eigenvalue weighted by atomic mass is 19.1. The molecule has 8 heteroatoms. The summed E-state index contributed by atoms with van der Waals surface area (Å²) in [5.41, 5.74) is 11.0. The second-order valence-electron chi connectivity index (χ2n) is 10.1. The Morgan fingerprint density at radius 2 is 1.05 bits per heavy atom. The zero-order valence-corrected chi connectivity index (χ0v) is 22.0. The van der Waals surface area contributed by atoms with Crippen molar-refractivity contribution in [3.8, 4) is 0 Å². The second kappa shape index (κ2) is 11.3. The zero-order valence-electron chi connectivity index (χ0n) is 22.0. The Morgan fingerprint density at radius 1 is 0.590 bits per heavy atom. The molecule has 2 aliphatic rings. The molecule has 0 saturated carbocycles. The molecule has 2 saturated heterocycles. The average Bonchev–Trinajstić information content (AvgIpc) is 3.00. The van der Waals surface area contributed by atoms with E-state index < -0.39 is 0 Å². The van der Waals surface area contributed by atoms with Gasteiger partial charge < -0.3 is 20.4 Å². The van der Waals surface area contributed by atoms with E-state index in [0.29, 0.717) is 5.69 Å². The minimum absolute atomic E-state index is 0.213. The number of anilines is 4. The van der Waals surface area contributed by atoms with E-state index in [-0.39, 0.29) is 11.9 Å². The molecule has 0 aliphatic carbocycles. The van der Waals surface area contributed by atoms with Crippen molar-refractivity contribution in [1.29, 1.82) is 0 Å². The van der Waals surface area contributed by atoms with Crippen LogP contribution >= 0.6 is 0 Å². The standard InChI is InChI=1S/C31H34FN7/c32-26-11-13-27(14-12-26)36-15-19-38(20-16-36)30-28(33)31(35-23-34-30)39-21-17-37(18-22-39)29(24-7-3-1-4-8-24)25-9-5-2-6-10-25/h1-14,23,29H,15-22,33H2. The van der Waals surface area contributed by atoms with E-state index in [2.05, 4.69) is 90.2 Å². The minimum atomic E-state index is -0.213. The lowest BCUT2D eigenvalue weighted by molar-refractivity contribution is 0.212. The number of nitrogen functional groups attached to an aromatic ring is 1. The van der Waals surface area contributed by atoms with Gasteiger partial charge in [0.15, 0.2) is 11.6 Å². The number of hydrogen-bond donors (Lipinski definition) is 1. The maximum absolute atomic E-state index is 13.3. The van der Waals surface area contributed by atoms with Crippen molar-refractivity contribution in [2.24, 2.45) is 0 Å². The third kappa shape index (κ3) is 5.38. The third-order valence-electron chi connectivity index (χ3n) is 7.82. The maximum atomic E-state index is 13.3. The van der Waals surface area contributed by atoms with E-state index in [1.165, 1.54) is 23.3 Å². The number of aromatic nitrogens is 2. The van der Waals surface area contributed by atoms with Gasteiger partial charge in [0.1, 0.15) is 17.8 Å². The van der Waals surface area contributed by atoms with Crippen molar-refractivity contribution >= 4 is 23.0 Å². The largest absolute Gasteiger partial charge is 0.393 e. The van der Waals surface area contributed by atoms with Crippen LogP contribution in [-0.4, -0.2) is 67.2 Å². The van der Waals surface area contributed by atoms with Crippen LogP contribution in [0.5, 0.6) is 0 Å². The smallest absolute Gasteiger partial charge is 0.157 e. The Kier molecular flexibility index (Phi) is 7.27. The van der Waals surface area contributed by atoms with Crippen LogP contribution in [0.15, 0.2) is 91.3 Å². The molecule has 3 heterocycles. The molecule has 0 spiro atoms. The summed E-state index contributed by atoms with van der Waals surface area (Å²) < 4.78 is 13.3. The number of nitrogens with two attached hydrogens (primary N) is 1. The molecule has 0 unspecified atom stereocenters. The van der Waals surface area contributed by atoms with Crippen molar-refractivity contribution in [2.75, 3.05) is 72.8 Å². The fourth-order valence-electron chi connectivity index (χ4n) is 5.79. The van der Waals surface area contributed by atoms with Crippen molar-refractivity contribution in [2.45, 2.75) is 6.04 Å². The fourth-order valence-corrected chi connectivity index (χ4v) is 5.79. The van der Waals surface area contributed by atoms with Crippen LogP contribution < -0.4 is 20.4 Å². The molecule has 7 nitrogen and oxygen atoms in total. The maximum Gasteiger partial charge on any atom is 0.157 e. The predicted octanol–water partition coefficient (Wildman–Crippen LogP) is 4.44. The SMILES string of the molecule is Nc1c(N2CCN(c3ccc(F)cc3)CC2)ncnc1N1CCN(C(c2ccccc2)c2ccccc2)CC1. The molecule has 1 aromatic heterocycles. The number of hydrogen-bond acceptors (Lipinski definition) is 7. The highest BCUT2D eigenvalue weighted by Gasteiger charge is 2.29. The molecule has 3 aromatic carbocycles. The summed E-state index contributed by atoms with van der Waals surface area (Å²) in [6.07, 6.45) is 1.64. The Balaban J connectivity index is 1.14. The molecule has 0 radical (unpaired) electrons. The van der Waals surface area contributed by atoms with Crippen molar-refractivity contribution < 1.29 is 4.39 Å².